The van der Waals surface area contributed by atoms with Gasteiger partial charge in [-0.25, -0.2) is 0 Å². The Labute approximate surface area is 166 Å². The van der Waals surface area contributed by atoms with Gasteiger partial charge < -0.3 is 0 Å². The molecule has 27 heavy (non-hydrogen) atoms. The first-order valence-corrected chi connectivity index (χ1v) is 9.32. The fourth-order valence-electron chi connectivity index (χ4n) is 2.91. The van der Waals surface area contributed by atoms with E-state index in [1.54, 1.807) is 30.5 Å². The molecule has 0 spiro atoms. The molecule has 0 aromatic heterocycles. The van der Waals surface area contributed by atoms with E-state index in [2.05, 4.69) is 70.5 Å². The number of halogens is 1. The fourth-order valence-corrected chi connectivity index (χ4v) is 3.03. The summed E-state index contributed by atoms with van der Waals surface area (Å²) in [7, 11) is 0. The zero-order chi connectivity index (χ0) is 20.4. The SMILES string of the molecule is C=c1c(C(C)(C)C)cc(=C/N=N/C(=O)c2ccc(Cl)cc2)cc1C(C)(C)C. The lowest BCUT2D eigenvalue weighted by atomic mass is 9.78. The molecule has 1 amide bonds. The summed E-state index contributed by atoms with van der Waals surface area (Å²) >= 11 is 5.84. The molecular formula is C23H27ClN2O. The van der Waals surface area contributed by atoms with Crippen LogP contribution in [0.1, 0.15) is 63.0 Å². The van der Waals surface area contributed by atoms with E-state index >= 15 is 0 Å². The molecule has 142 valence electrons. The lowest BCUT2D eigenvalue weighted by Gasteiger charge is -2.26. The molecule has 0 unspecified atom stereocenters. The fraction of sp³-hybridized carbons (Fsp3) is 0.348. The average molecular weight is 383 g/mol. The summed E-state index contributed by atoms with van der Waals surface area (Å²) in [5, 5.41) is 10.4. The topological polar surface area (TPSA) is 41.8 Å². The standard InChI is InChI=1S/C23H27ClN2O/c1-15-19(22(2,3)4)12-16(13-20(15)23(5,6)7)14-25-26-21(27)17-8-10-18(24)11-9-17/h8-14H,1H2,2-7H3/b26-25+. The highest BCUT2D eigenvalue weighted by Gasteiger charge is 2.21. The van der Waals surface area contributed by atoms with E-state index in [0.717, 1.165) is 10.4 Å². The Morgan fingerprint density at radius 1 is 0.963 bits per heavy atom. The monoisotopic (exact) mass is 382 g/mol. The Bertz CT molecular complexity index is 934. The van der Waals surface area contributed by atoms with Gasteiger partial charge >= 0.3 is 0 Å². The number of benzene rings is 2. The summed E-state index contributed by atoms with van der Waals surface area (Å²) in [5.41, 5.74) is 2.70. The number of nitrogens with zero attached hydrogens (tertiary/aromatic N) is 2. The first kappa shape index (κ1) is 21.0. The lowest BCUT2D eigenvalue weighted by Crippen LogP contribution is -2.32. The molecule has 0 fully saturated rings. The Kier molecular flexibility index (Phi) is 6.06. The average Bonchev–Trinajstić information content (AvgIpc) is 2.54. The van der Waals surface area contributed by atoms with Crippen LogP contribution in [-0.4, -0.2) is 5.91 Å². The third-order valence-electron chi connectivity index (χ3n) is 4.33. The Hall–Kier alpha value is -2.26. The predicted molar refractivity (Wildman–Crippen MR) is 114 cm³/mol. The number of carbonyl (C=O) groups excluding carboxylic acids is 1. The second-order valence-corrected chi connectivity index (χ2v) is 9.19. The second kappa shape index (κ2) is 7.77. The van der Waals surface area contributed by atoms with Crippen molar-refractivity contribution in [2.24, 2.45) is 10.2 Å². The van der Waals surface area contributed by atoms with Crippen LogP contribution >= 0.6 is 11.6 Å². The van der Waals surface area contributed by atoms with Gasteiger partial charge in [0.25, 0.3) is 5.91 Å². The minimum Gasteiger partial charge on any atom is -0.265 e. The van der Waals surface area contributed by atoms with Crippen LogP contribution in [0.5, 0.6) is 0 Å². The van der Waals surface area contributed by atoms with Gasteiger partial charge in [-0.15, -0.1) is 5.11 Å². The maximum Gasteiger partial charge on any atom is 0.295 e. The van der Waals surface area contributed by atoms with Crippen LogP contribution in [0.2, 0.25) is 5.02 Å². The third-order valence-corrected chi connectivity index (χ3v) is 4.59. The summed E-state index contributed by atoms with van der Waals surface area (Å²) in [6.45, 7) is 17.3. The Balaban J connectivity index is 2.46. The maximum atomic E-state index is 12.1. The molecule has 2 aromatic rings. The van der Waals surface area contributed by atoms with Gasteiger partial charge in [0, 0.05) is 10.6 Å². The molecule has 2 aromatic carbocycles. The summed E-state index contributed by atoms with van der Waals surface area (Å²) in [6, 6.07) is 10.7. The minimum absolute atomic E-state index is 0.0444. The molecule has 2 rings (SSSR count). The van der Waals surface area contributed by atoms with E-state index in [9.17, 15) is 4.79 Å². The molecule has 0 atom stereocenters. The van der Waals surface area contributed by atoms with E-state index in [1.807, 2.05) is 0 Å². The van der Waals surface area contributed by atoms with Gasteiger partial charge in [-0.2, -0.15) is 5.11 Å². The van der Waals surface area contributed by atoms with Gasteiger partial charge in [0.15, 0.2) is 0 Å². The molecule has 0 bridgehead atoms. The van der Waals surface area contributed by atoms with Gasteiger partial charge in [-0.1, -0.05) is 59.7 Å². The number of hydrogen-bond acceptors (Lipinski definition) is 2. The molecule has 0 aliphatic rings. The van der Waals surface area contributed by atoms with Crippen molar-refractivity contribution >= 4 is 30.3 Å². The highest BCUT2D eigenvalue weighted by atomic mass is 35.5. The first-order chi connectivity index (χ1) is 12.4. The van der Waals surface area contributed by atoms with Crippen molar-refractivity contribution in [1.82, 2.24) is 0 Å². The van der Waals surface area contributed by atoms with E-state index < -0.39 is 5.91 Å². The van der Waals surface area contributed by atoms with E-state index in [1.165, 1.54) is 11.1 Å². The van der Waals surface area contributed by atoms with Crippen LogP contribution < -0.4 is 10.4 Å². The molecule has 0 N–H and O–H groups in total. The summed E-state index contributed by atoms with van der Waals surface area (Å²) < 4.78 is 0. The normalized spacial score (nSPS) is 12.4. The predicted octanol–water partition coefficient (Wildman–Crippen LogP) is 5.38. The second-order valence-electron chi connectivity index (χ2n) is 8.75. The van der Waals surface area contributed by atoms with Crippen molar-refractivity contribution in [3.8, 4) is 0 Å². The zero-order valence-electron chi connectivity index (χ0n) is 16.9. The lowest BCUT2D eigenvalue weighted by molar-refractivity contribution is 0.0995. The summed E-state index contributed by atoms with van der Waals surface area (Å²) in [6.07, 6.45) is 1.62. The third kappa shape index (κ3) is 5.36. The van der Waals surface area contributed by atoms with Crippen LogP contribution in [0.15, 0.2) is 46.6 Å². The number of amides is 1. The Morgan fingerprint density at radius 2 is 1.44 bits per heavy atom. The van der Waals surface area contributed by atoms with Crippen molar-refractivity contribution in [1.29, 1.82) is 0 Å². The number of carbonyl (C=O) groups is 1. The molecule has 0 heterocycles. The molecule has 0 radical (unpaired) electrons. The van der Waals surface area contributed by atoms with Gasteiger partial charge in [-0.3, -0.25) is 4.79 Å². The minimum atomic E-state index is -0.399. The van der Waals surface area contributed by atoms with E-state index in [4.69, 9.17) is 11.6 Å². The smallest absolute Gasteiger partial charge is 0.265 e. The molecule has 3 nitrogen and oxygen atoms in total. The van der Waals surface area contributed by atoms with Gasteiger partial charge in [0.1, 0.15) is 0 Å². The molecular weight excluding hydrogens is 356 g/mol. The van der Waals surface area contributed by atoms with Gasteiger partial charge in [0.05, 0.1) is 6.20 Å². The first-order valence-electron chi connectivity index (χ1n) is 8.94. The van der Waals surface area contributed by atoms with Crippen molar-refractivity contribution in [3.05, 3.63) is 68.5 Å². The number of hydrogen-bond donors (Lipinski definition) is 0. The largest absolute Gasteiger partial charge is 0.295 e. The maximum absolute atomic E-state index is 12.1. The van der Waals surface area contributed by atoms with Crippen LogP contribution in [-0.2, 0) is 10.8 Å². The van der Waals surface area contributed by atoms with Crippen LogP contribution in [0, 0.1) is 0 Å². The summed E-state index contributed by atoms with van der Waals surface area (Å²) in [4.78, 5) is 12.1. The van der Waals surface area contributed by atoms with Crippen molar-refractivity contribution < 1.29 is 4.79 Å². The van der Waals surface area contributed by atoms with Gasteiger partial charge in [-0.05, 0) is 68.8 Å². The van der Waals surface area contributed by atoms with Crippen LogP contribution in [0.25, 0.3) is 12.8 Å². The highest BCUT2D eigenvalue weighted by Crippen LogP contribution is 2.22. The van der Waals surface area contributed by atoms with Crippen LogP contribution in [0.4, 0.5) is 0 Å². The highest BCUT2D eigenvalue weighted by molar-refractivity contribution is 6.30. The van der Waals surface area contributed by atoms with Crippen molar-refractivity contribution in [2.45, 2.75) is 52.4 Å². The van der Waals surface area contributed by atoms with E-state index in [-0.39, 0.29) is 10.8 Å². The molecule has 0 aliphatic carbocycles. The van der Waals surface area contributed by atoms with E-state index in [0.29, 0.717) is 10.6 Å². The van der Waals surface area contributed by atoms with Gasteiger partial charge in [0.2, 0.25) is 0 Å². The van der Waals surface area contributed by atoms with Crippen LogP contribution in [0.3, 0.4) is 0 Å². The van der Waals surface area contributed by atoms with Crippen molar-refractivity contribution in [2.75, 3.05) is 0 Å². The van der Waals surface area contributed by atoms with Crippen molar-refractivity contribution in [3.63, 3.8) is 0 Å². The Morgan fingerprint density at radius 3 is 1.89 bits per heavy atom. The molecule has 0 saturated carbocycles. The zero-order valence-corrected chi connectivity index (χ0v) is 17.7. The quantitative estimate of drug-likeness (QED) is 0.643. The number of rotatable bonds is 2. The summed E-state index contributed by atoms with van der Waals surface area (Å²) in [5.74, 6) is -0.399. The molecule has 0 aliphatic heterocycles. The number of azo groups is 1. The molecule has 4 heteroatoms. The molecule has 0 saturated heterocycles.